The Kier molecular flexibility index (Phi) is 4.13. The number of rotatable bonds is 4. The molecule has 2 aliphatic rings. The van der Waals surface area contributed by atoms with Crippen molar-refractivity contribution < 1.29 is 14.7 Å². The molecule has 0 aromatic heterocycles. The second-order valence-electron chi connectivity index (χ2n) is 6.09. The molecule has 3 atom stereocenters. The second kappa shape index (κ2) is 5.49. The highest BCUT2D eigenvalue weighted by molar-refractivity contribution is 5.84. The first-order valence-electron chi connectivity index (χ1n) is 7.23. The molecule has 5 nitrogen and oxygen atoms in total. The molecule has 2 saturated heterocycles. The van der Waals surface area contributed by atoms with Gasteiger partial charge in [-0.1, -0.05) is 20.3 Å². The maximum atomic E-state index is 12.8. The molecule has 19 heavy (non-hydrogen) atoms. The van der Waals surface area contributed by atoms with Crippen molar-refractivity contribution in [3.8, 4) is 0 Å². The lowest BCUT2D eigenvalue weighted by Gasteiger charge is -2.31. The van der Waals surface area contributed by atoms with Crippen LogP contribution in [0.4, 0.5) is 0 Å². The van der Waals surface area contributed by atoms with Crippen LogP contribution in [-0.4, -0.2) is 48.1 Å². The number of likely N-dealkylation sites (tertiary alicyclic amines) is 1. The van der Waals surface area contributed by atoms with Crippen LogP contribution in [0.1, 0.15) is 33.1 Å². The third-order valence-corrected chi connectivity index (χ3v) is 4.64. The Morgan fingerprint density at radius 1 is 1.42 bits per heavy atom. The summed E-state index contributed by atoms with van der Waals surface area (Å²) in [6, 6.07) is 0. The Hall–Kier alpha value is -1.10. The van der Waals surface area contributed by atoms with E-state index in [9.17, 15) is 9.59 Å². The topological polar surface area (TPSA) is 69.6 Å². The van der Waals surface area contributed by atoms with Crippen LogP contribution in [0.15, 0.2) is 0 Å². The molecule has 0 spiro atoms. The van der Waals surface area contributed by atoms with Crippen molar-refractivity contribution in [3.63, 3.8) is 0 Å². The maximum absolute atomic E-state index is 12.8. The molecule has 0 aromatic rings. The average molecular weight is 268 g/mol. The monoisotopic (exact) mass is 268 g/mol. The van der Waals surface area contributed by atoms with Crippen molar-refractivity contribution in [1.82, 2.24) is 10.2 Å². The lowest BCUT2D eigenvalue weighted by molar-refractivity contribution is -0.143. The zero-order valence-corrected chi connectivity index (χ0v) is 11.8. The Labute approximate surface area is 114 Å². The SMILES string of the molecule is CCCC1(C(=O)N2C[C@@H](C)[C@H](C(=O)O)C2)CCNC1. The van der Waals surface area contributed by atoms with Crippen molar-refractivity contribution in [2.45, 2.75) is 33.1 Å². The fourth-order valence-corrected chi connectivity index (χ4v) is 3.51. The number of amides is 1. The summed E-state index contributed by atoms with van der Waals surface area (Å²) in [6.45, 7) is 6.60. The van der Waals surface area contributed by atoms with Gasteiger partial charge in [0.15, 0.2) is 0 Å². The van der Waals surface area contributed by atoms with E-state index in [2.05, 4.69) is 12.2 Å². The molecule has 2 N–H and O–H groups in total. The summed E-state index contributed by atoms with van der Waals surface area (Å²) in [7, 11) is 0. The molecular weight excluding hydrogens is 244 g/mol. The van der Waals surface area contributed by atoms with E-state index in [1.54, 1.807) is 4.90 Å². The highest BCUT2D eigenvalue weighted by Gasteiger charge is 2.46. The van der Waals surface area contributed by atoms with E-state index < -0.39 is 11.9 Å². The lowest BCUT2D eigenvalue weighted by Crippen LogP contribution is -2.44. The van der Waals surface area contributed by atoms with Crippen molar-refractivity contribution in [1.29, 1.82) is 0 Å². The van der Waals surface area contributed by atoms with Crippen LogP contribution in [0, 0.1) is 17.3 Å². The number of nitrogens with one attached hydrogen (secondary N) is 1. The molecule has 1 amide bonds. The molecule has 2 aliphatic heterocycles. The van der Waals surface area contributed by atoms with Crippen LogP contribution in [0.2, 0.25) is 0 Å². The van der Waals surface area contributed by atoms with Crippen molar-refractivity contribution >= 4 is 11.9 Å². The number of carbonyl (C=O) groups is 2. The Morgan fingerprint density at radius 2 is 2.16 bits per heavy atom. The fourth-order valence-electron chi connectivity index (χ4n) is 3.51. The van der Waals surface area contributed by atoms with Gasteiger partial charge < -0.3 is 15.3 Å². The smallest absolute Gasteiger partial charge is 0.308 e. The minimum atomic E-state index is -0.781. The third kappa shape index (κ3) is 2.61. The molecular formula is C14H24N2O3. The number of nitrogens with zero attached hydrogens (tertiary/aromatic N) is 1. The molecule has 0 bridgehead atoms. The first-order valence-corrected chi connectivity index (χ1v) is 7.23. The van der Waals surface area contributed by atoms with Gasteiger partial charge >= 0.3 is 5.97 Å². The molecule has 2 rings (SSSR count). The van der Waals surface area contributed by atoms with Crippen LogP contribution in [0.3, 0.4) is 0 Å². The number of carboxylic acids is 1. The minimum Gasteiger partial charge on any atom is -0.481 e. The van der Waals surface area contributed by atoms with Gasteiger partial charge in [0.25, 0.3) is 0 Å². The van der Waals surface area contributed by atoms with E-state index in [1.165, 1.54) is 0 Å². The molecule has 5 heteroatoms. The highest BCUT2D eigenvalue weighted by Crippen LogP contribution is 2.36. The Bertz CT molecular complexity index is 364. The molecule has 108 valence electrons. The van der Waals surface area contributed by atoms with Crippen LogP contribution in [0.5, 0.6) is 0 Å². The van der Waals surface area contributed by atoms with Gasteiger partial charge in [0.05, 0.1) is 11.3 Å². The van der Waals surface area contributed by atoms with E-state index in [4.69, 9.17) is 5.11 Å². The lowest BCUT2D eigenvalue weighted by atomic mass is 9.81. The zero-order chi connectivity index (χ0) is 14.0. The molecule has 0 aromatic carbocycles. The standard InChI is InChI=1S/C14H24N2O3/c1-3-4-14(5-6-15-9-14)13(19)16-7-10(2)11(8-16)12(17)18/h10-11,15H,3-9H2,1-2H3,(H,17,18)/t10-,11-,14?/m1/s1. The van der Waals surface area contributed by atoms with E-state index in [0.29, 0.717) is 13.1 Å². The third-order valence-electron chi connectivity index (χ3n) is 4.64. The van der Waals surface area contributed by atoms with Gasteiger partial charge in [-0.2, -0.15) is 0 Å². The zero-order valence-electron chi connectivity index (χ0n) is 11.8. The fraction of sp³-hybridized carbons (Fsp3) is 0.857. The van der Waals surface area contributed by atoms with Gasteiger partial charge in [-0.3, -0.25) is 9.59 Å². The summed E-state index contributed by atoms with van der Waals surface area (Å²) >= 11 is 0. The predicted molar refractivity (Wildman–Crippen MR) is 71.7 cm³/mol. The number of hydrogen-bond acceptors (Lipinski definition) is 3. The first kappa shape index (κ1) is 14.3. The van der Waals surface area contributed by atoms with Crippen LogP contribution in [0.25, 0.3) is 0 Å². The summed E-state index contributed by atoms with van der Waals surface area (Å²) in [5.74, 6) is -0.974. The quantitative estimate of drug-likeness (QED) is 0.796. The molecule has 1 unspecified atom stereocenters. The summed E-state index contributed by atoms with van der Waals surface area (Å²) in [6.07, 6.45) is 2.75. The van der Waals surface area contributed by atoms with E-state index in [1.807, 2.05) is 6.92 Å². The minimum absolute atomic E-state index is 0.0505. The van der Waals surface area contributed by atoms with Crippen LogP contribution < -0.4 is 5.32 Å². The first-order chi connectivity index (χ1) is 9.00. The van der Waals surface area contributed by atoms with Crippen molar-refractivity contribution in [2.24, 2.45) is 17.3 Å². The predicted octanol–water partition coefficient (Wildman–Crippen LogP) is 0.945. The molecule has 0 aliphatic carbocycles. The van der Waals surface area contributed by atoms with Gasteiger partial charge in [0.2, 0.25) is 5.91 Å². The highest BCUT2D eigenvalue weighted by atomic mass is 16.4. The van der Waals surface area contributed by atoms with Crippen LogP contribution in [-0.2, 0) is 9.59 Å². The number of hydrogen-bond donors (Lipinski definition) is 2. The van der Waals surface area contributed by atoms with Crippen molar-refractivity contribution in [2.75, 3.05) is 26.2 Å². The summed E-state index contributed by atoms with van der Waals surface area (Å²) in [5, 5.41) is 12.4. The Balaban J connectivity index is 2.09. The van der Waals surface area contributed by atoms with Crippen molar-refractivity contribution in [3.05, 3.63) is 0 Å². The normalized spacial score (nSPS) is 34.7. The second-order valence-corrected chi connectivity index (χ2v) is 6.09. The van der Waals surface area contributed by atoms with Gasteiger partial charge in [-0.25, -0.2) is 0 Å². The maximum Gasteiger partial charge on any atom is 0.308 e. The van der Waals surface area contributed by atoms with E-state index >= 15 is 0 Å². The number of carbonyl (C=O) groups excluding carboxylic acids is 1. The van der Waals surface area contributed by atoms with E-state index in [-0.39, 0.29) is 17.2 Å². The summed E-state index contributed by atoms with van der Waals surface area (Å²) in [4.78, 5) is 25.7. The molecule has 2 heterocycles. The largest absolute Gasteiger partial charge is 0.481 e. The van der Waals surface area contributed by atoms with Crippen LogP contribution >= 0.6 is 0 Å². The summed E-state index contributed by atoms with van der Waals surface area (Å²) < 4.78 is 0. The Morgan fingerprint density at radius 3 is 2.63 bits per heavy atom. The van der Waals surface area contributed by atoms with Gasteiger partial charge in [-0.15, -0.1) is 0 Å². The number of aliphatic carboxylic acids is 1. The molecule has 0 saturated carbocycles. The van der Waals surface area contributed by atoms with Gasteiger partial charge in [0, 0.05) is 19.6 Å². The average Bonchev–Trinajstić information content (AvgIpc) is 2.96. The van der Waals surface area contributed by atoms with Gasteiger partial charge in [0.1, 0.15) is 0 Å². The molecule has 2 fully saturated rings. The number of carboxylic acid groups (broad SMARTS) is 1. The molecule has 0 radical (unpaired) electrons. The van der Waals surface area contributed by atoms with Gasteiger partial charge in [-0.05, 0) is 25.3 Å². The van der Waals surface area contributed by atoms with E-state index in [0.717, 1.165) is 32.4 Å². The summed E-state index contributed by atoms with van der Waals surface area (Å²) in [5.41, 5.74) is -0.290.